The van der Waals surface area contributed by atoms with Gasteiger partial charge in [-0.15, -0.1) is 10.5 Å². The molecule has 150 valence electrons. The lowest BCUT2D eigenvalue weighted by atomic mass is 10.2. The van der Waals surface area contributed by atoms with E-state index >= 15 is 0 Å². The largest absolute Gasteiger partial charge is 0.457 e. The van der Waals surface area contributed by atoms with E-state index in [-0.39, 0.29) is 10.5 Å². The van der Waals surface area contributed by atoms with E-state index in [9.17, 15) is 0 Å². The molecule has 0 aliphatic rings. The van der Waals surface area contributed by atoms with Crippen molar-refractivity contribution in [2.75, 3.05) is 0 Å². The van der Waals surface area contributed by atoms with E-state index in [1.807, 2.05) is 72.8 Å². The molecule has 30 heavy (non-hydrogen) atoms. The van der Waals surface area contributed by atoms with Gasteiger partial charge in [0.25, 0.3) is 0 Å². The minimum atomic E-state index is -0.274. The summed E-state index contributed by atoms with van der Waals surface area (Å²) >= 11 is 0. The predicted octanol–water partition coefficient (Wildman–Crippen LogP) is 8.01. The third-order valence-electron chi connectivity index (χ3n) is 4.73. The first-order valence-electron chi connectivity index (χ1n) is 9.80. The van der Waals surface area contributed by atoms with Crippen LogP contribution in [0.3, 0.4) is 0 Å². The van der Waals surface area contributed by atoms with Crippen LogP contribution in [0.1, 0.15) is 11.1 Å². The Morgan fingerprint density at radius 2 is 0.733 bits per heavy atom. The van der Waals surface area contributed by atoms with Gasteiger partial charge in [0, 0.05) is 9.79 Å². The van der Waals surface area contributed by atoms with Crippen molar-refractivity contribution in [3.05, 3.63) is 108 Å². The highest BCUT2D eigenvalue weighted by atomic mass is 32.2. The molecule has 0 amide bonds. The molecule has 0 heterocycles. The zero-order chi connectivity index (χ0) is 20.9. The molecule has 0 saturated heterocycles. The summed E-state index contributed by atoms with van der Waals surface area (Å²) in [5.41, 5.74) is 2.43. The lowest BCUT2D eigenvalue weighted by Gasteiger charge is -2.11. The highest BCUT2D eigenvalue weighted by molar-refractivity contribution is 8.14. The molecule has 0 spiro atoms. The molecule has 0 atom stereocenters. The maximum atomic E-state index is 5.92. The minimum absolute atomic E-state index is 0.274. The van der Waals surface area contributed by atoms with Crippen LogP contribution in [0.15, 0.2) is 107 Å². The maximum Gasteiger partial charge on any atom is 0.127 e. The van der Waals surface area contributed by atoms with Crippen LogP contribution in [0.25, 0.3) is 0 Å². The highest BCUT2D eigenvalue weighted by Gasteiger charge is 2.04. The predicted molar refractivity (Wildman–Crippen MR) is 127 cm³/mol. The normalized spacial score (nSPS) is 10.8. The van der Waals surface area contributed by atoms with Crippen molar-refractivity contribution in [3.63, 3.8) is 0 Å². The number of benzene rings is 4. The second-order valence-electron chi connectivity index (χ2n) is 7.16. The molecule has 0 aliphatic carbocycles. The fraction of sp³-hybridized carbons (Fsp3) is 0.0741. The van der Waals surface area contributed by atoms with Gasteiger partial charge in [-0.05, 0) is 86.6 Å². The molecular weight excluding hydrogens is 388 g/mol. The maximum absolute atomic E-state index is 5.92. The quantitative estimate of drug-likeness (QED) is 0.299. The Balaban J connectivity index is 1.42. The zero-order valence-corrected chi connectivity index (χ0v) is 18.0. The van der Waals surface area contributed by atoms with Gasteiger partial charge in [-0.1, -0.05) is 41.3 Å². The molecule has 0 fully saturated rings. The van der Waals surface area contributed by atoms with Crippen LogP contribution in [0.4, 0.5) is 0 Å². The average Bonchev–Trinajstić information content (AvgIpc) is 2.77. The first kappa shape index (κ1) is 20.0. The van der Waals surface area contributed by atoms with Crippen LogP contribution < -0.4 is 9.47 Å². The number of ether oxygens (including phenoxy) is 2. The van der Waals surface area contributed by atoms with Crippen molar-refractivity contribution in [1.29, 1.82) is 0 Å². The Morgan fingerprint density at radius 3 is 1.03 bits per heavy atom. The van der Waals surface area contributed by atoms with Gasteiger partial charge in [0.15, 0.2) is 0 Å². The monoisotopic (exact) mass is 412 g/mol. The summed E-state index contributed by atoms with van der Waals surface area (Å²) in [6, 6.07) is 32.4. The topological polar surface area (TPSA) is 18.5 Å². The minimum Gasteiger partial charge on any atom is -0.457 e. The molecule has 0 unspecified atom stereocenters. The van der Waals surface area contributed by atoms with Crippen molar-refractivity contribution >= 4 is 16.4 Å². The number of hydrogen-bond donors (Lipinski definition) is 0. The summed E-state index contributed by atoms with van der Waals surface area (Å²) in [6.07, 6.45) is 0. The van der Waals surface area contributed by atoms with Crippen molar-refractivity contribution in [3.8, 4) is 23.0 Å². The van der Waals surface area contributed by atoms with E-state index < -0.39 is 0 Å². The van der Waals surface area contributed by atoms with E-state index in [0.717, 1.165) is 23.0 Å². The van der Waals surface area contributed by atoms with Gasteiger partial charge >= 0.3 is 0 Å². The Bertz CT molecular complexity index is 1030. The van der Waals surface area contributed by atoms with E-state index in [1.54, 1.807) is 0 Å². The van der Waals surface area contributed by atoms with Crippen molar-refractivity contribution in [2.45, 2.75) is 23.6 Å². The molecular formula is C27H24O2S. The molecule has 3 heteroatoms. The van der Waals surface area contributed by atoms with E-state index in [1.165, 1.54) is 20.9 Å². The second kappa shape index (κ2) is 9.02. The number of hydrogen-bond acceptors (Lipinski definition) is 2. The Morgan fingerprint density at radius 1 is 0.467 bits per heavy atom. The number of aryl methyl sites for hydroxylation is 2. The van der Waals surface area contributed by atoms with Crippen LogP contribution in [-0.2, 0) is 0 Å². The Labute approximate surface area is 180 Å². The van der Waals surface area contributed by atoms with Crippen molar-refractivity contribution < 1.29 is 9.47 Å². The van der Waals surface area contributed by atoms with Gasteiger partial charge in [-0.2, -0.15) is 0 Å². The van der Waals surface area contributed by atoms with Crippen LogP contribution in [0.2, 0.25) is 0 Å². The first-order chi connectivity index (χ1) is 14.6. The molecule has 4 aromatic carbocycles. The van der Waals surface area contributed by atoms with E-state index in [4.69, 9.17) is 9.47 Å². The summed E-state index contributed by atoms with van der Waals surface area (Å²) in [6.45, 7) is 4.13. The lowest BCUT2D eigenvalue weighted by Crippen LogP contribution is -1.86. The Kier molecular flexibility index (Phi) is 6.01. The smallest absolute Gasteiger partial charge is 0.127 e. The summed E-state index contributed by atoms with van der Waals surface area (Å²) in [7, 11) is -0.274. The fourth-order valence-electron chi connectivity index (χ4n) is 2.96. The molecule has 0 aliphatic heterocycles. The second-order valence-corrected chi connectivity index (χ2v) is 8.89. The summed E-state index contributed by atoms with van der Waals surface area (Å²) in [4.78, 5) is 2.33. The third kappa shape index (κ3) is 5.00. The molecule has 4 aromatic rings. The fourth-order valence-corrected chi connectivity index (χ4v) is 4.17. The van der Waals surface area contributed by atoms with Crippen molar-refractivity contribution in [2.24, 2.45) is 0 Å². The molecule has 0 aromatic heterocycles. The van der Waals surface area contributed by atoms with Crippen molar-refractivity contribution in [1.82, 2.24) is 0 Å². The van der Waals surface area contributed by atoms with Crippen LogP contribution in [0.5, 0.6) is 23.0 Å². The van der Waals surface area contributed by atoms with Gasteiger partial charge < -0.3 is 9.47 Å². The van der Waals surface area contributed by atoms with Gasteiger partial charge in [-0.25, -0.2) is 0 Å². The van der Waals surface area contributed by atoms with Gasteiger partial charge in [0.05, 0.1) is 0 Å². The summed E-state index contributed by atoms with van der Waals surface area (Å²) < 4.78 is 11.8. The standard InChI is InChI=1S/C27H24O2S/c1-20-4-8-22(9-5-20)28-24-12-16-26(17-13-24)30(3)27-18-14-25(15-19-27)29-23-10-6-21(2)7-11-23/h4-19H,3H2,1-2H3. The van der Waals surface area contributed by atoms with Crippen LogP contribution in [-0.4, -0.2) is 5.87 Å². The molecule has 0 N–H and O–H groups in total. The van der Waals surface area contributed by atoms with E-state index in [2.05, 4.69) is 44.0 Å². The third-order valence-corrected chi connectivity index (χ3v) is 6.41. The highest BCUT2D eigenvalue weighted by Crippen LogP contribution is 2.36. The molecule has 0 saturated carbocycles. The van der Waals surface area contributed by atoms with Gasteiger partial charge in [0.2, 0.25) is 0 Å². The molecule has 4 rings (SSSR count). The van der Waals surface area contributed by atoms with Crippen LogP contribution in [0, 0.1) is 13.8 Å². The zero-order valence-electron chi connectivity index (χ0n) is 17.2. The summed E-state index contributed by atoms with van der Waals surface area (Å²) in [5.74, 6) is 7.69. The number of rotatable bonds is 6. The summed E-state index contributed by atoms with van der Waals surface area (Å²) in [5, 5.41) is 0. The molecule has 2 nitrogen and oxygen atoms in total. The lowest BCUT2D eigenvalue weighted by molar-refractivity contribution is 0.482. The van der Waals surface area contributed by atoms with Crippen LogP contribution >= 0.6 is 10.5 Å². The van der Waals surface area contributed by atoms with E-state index in [0.29, 0.717) is 0 Å². The molecule has 0 bridgehead atoms. The molecule has 0 radical (unpaired) electrons. The van der Waals surface area contributed by atoms with Gasteiger partial charge in [-0.3, -0.25) is 0 Å². The average molecular weight is 413 g/mol. The SMILES string of the molecule is C=S(c1ccc(Oc2ccc(C)cc2)cc1)c1ccc(Oc2ccc(C)cc2)cc1. The van der Waals surface area contributed by atoms with Gasteiger partial charge in [0.1, 0.15) is 23.0 Å². The first-order valence-corrected chi connectivity index (χ1v) is 11.2. The Hall–Kier alpha value is -3.30.